The van der Waals surface area contributed by atoms with Crippen molar-refractivity contribution < 1.29 is 13.2 Å². The van der Waals surface area contributed by atoms with Gasteiger partial charge in [0.1, 0.15) is 0 Å². The number of hydrogen-bond acceptors (Lipinski definition) is 2. The van der Waals surface area contributed by atoms with Crippen molar-refractivity contribution >= 4 is 11.6 Å². The van der Waals surface area contributed by atoms with Gasteiger partial charge >= 0.3 is 6.18 Å². The Balaban J connectivity index is 2.75. The Morgan fingerprint density at radius 3 is 2.44 bits per heavy atom. The third-order valence-corrected chi connectivity index (χ3v) is 3.11. The average Bonchev–Trinajstić information content (AvgIpc) is 2.29. The van der Waals surface area contributed by atoms with Crippen LogP contribution in [0.2, 0.25) is 5.02 Å². The van der Waals surface area contributed by atoms with Crippen LogP contribution < -0.4 is 5.73 Å². The minimum Gasteiger partial charge on any atom is -0.329 e. The Bertz CT molecular complexity index is 382. The van der Waals surface area contributed by atoms with Crippen LogP contribution in [0.25, 0.3) is 0 Å². The molecule has 1 atom stereocenters. The molecule has 0 saturated heterocycles. The van der Waals surface area contributed by atoms with Gasteiger partial charge in [0.25, 0.3) is 0 Å². The SMILES string of the molecule is CN(CCC(F)(F)F)C(CN)c1ccccc1Cl. The quantitative estimate of drug-likeness (QED) is 0.897. The van der Waals surface area contributed by atoms with Gasteiger partial charge in [-0.15, -0.1) is 0 Å². The molecule has 1 aromatic rings. The second-order valence-electron chi connectivity index (χ2n) is 4.12. The molecule has 2 nitrogen and oxygen atoms in total. The lowest BCUT2D eigenvalue weighted by molar-refractivity contribution is -0.138. The minimum atomic E-state index is -4.16. The van der Waals surface area contributed by atoms with E-state index < -0.39 is 12.6 Å². The summed E-state index contributed by atoms with van der Waals surface area (Å²) in [6, 6.07) is 6.75. The van der Waals surface area contributed by atoms with E-state index in [0.717, 1.165) is 5.56 Å². The molecular weight excluding hydrogens is 265 g/mol. The second-order valence-corrected chi connectivity index (χ2v) is 4.53. The molecule has 1 rings (SSSR count). The van der Waals surface area contributed by atoms with Crippen LogP contribution in [0.3, 0.4) is 0 Å². The van der Waals surface area contributed by atoms with Crippen molar-refractivity contribution in [2.45, 2.75) is 18.6 Å². The number of halogens is 4. The molecule has 0 aliphatic carbocycles. The maximum absolute atomic E-state index is 12.2. The number of benzene rings is 1. The van der Waals surface area contributed by atoms with Gasteiger partial charge in [-0.25, -0.2) is 0 Å². The smallest absolute Gasteiger partial charge is 0.329 e. The lowest BCUT2D eigenvalue weighted by atomic mass is 10.1. The Morgan fingerprint density at radius 2 is 1.94 bits per heavy atom. The maximum atomic E-state index is 12.2. The van der Waals surface area contributed by atoms with Gasteiger partial charge in [-0.1, -0.05) is 29.8 Å². The van der Waals surface area contributed by atoms with E-state index in [4.69, 9.17) is 17.3 Å². The number of nitrogens with two attached hydrogens (primary N) is 1. The van der Waals surface area contributed by atoms with E-state index in [1.165, 1.54) is 0 Å². The summed E-state index contributed by atoms with van der Waals surface area (Å²) in [5.74, 6) is 0. The third-order valence-electron chi connectivity index (χ3n) is 2.77. The van der Waals surface area contributed by atoms with Gasteiger partial charge in [-0.2, -0.15) is 13.2 Å². The van der Waals surface area contributed by atoms with Crippen molar-refractivity contribution in [1.29, 1.82) is 0 Å². The lowest BCUT2D eigenvalue weighted by Gasteiger charge is -2.28. The topological polar surface area (TPSA) is 29.3 Å². The largest absolute Gasteiger partial charge is 0.390 e. The summed E-state index contributed by atoms with van der Waals surface area (Å²) in [6.45, 7) is 0.120. The molecule has 0 heterocycles. The number of alkyl halides is 3. The molecule has 0 amide bonds. The molecule has 0 radical (unpaired) electrons. The van der Waals surface area contributed by atoms with Crippen LogP contribution in [0.15, 0.2) is 24.3 Å². The fourth-order valence-corrected chi connectivity index (χ4v) is 2.01. The van der Waals surface area contributed by atoms with E-state index in [2.05, 4.69) is 0 Å². The average molecular weight is 281 g/mol. The molecule has 0 aliphatic heterocycles. The van der Waals surface area contributed by atoms with Crippen LogP contribution in [-0.2, 0) is 0 Å². The molecule has 2 N–H and O–H groups in total. The molecule has 0 saturated carbocycles. The Labute approximate surface area is 110 Å². The number of nitrogens with zero attached hydrogens (tertiary/aromatic N) is 1. The van der Waals surface area contributed by atoms with E-state index in [1.54, 1.807) is 36.2 Å². The van der Waals surface area contributed by atoms with Crippen LogP contribution in [-0.4, -0.2) is 31.2 Å². The number of likely N-dealkylation sites (N-methyl/N-ethyl adjacent to an activating group) is 1. The van der Waals surface area contributed by atoms with Crippen LogP contribution >= 0.6 is 11.6 Å². The monoisotopic (exact) mass is 280 g/mol. The summed E-state index contributed by atoms with van der Waals surface area (Å²) >= 11 is 6.03. The fourth-order valence-electron chi connectivity index (χ4n) is 1.75. The molecule has 1 unspecified atom stereocenters. The molecule has 102 valence electrons. The number of rotatable bonds is 5. The first kappa shape index (κ1) is 15.3. The summed E-state index contributed by atoms with van der Waals surface area (Å²) in [5.41, 5.74) is 6.39. The molecule has 1 aromatic carbocycles. The molecular formula is C12H16ClF3N2. The first-order valence-corrected chi connectivity index (χ1v) is 5.94. The van der Waals surface area contributed by atoms with Crippen molar-refractivity contribution in [2.24, 2.45) is 5.73 Å². The van der Waals surface area contributed by atoms with Gasteiger partial charge in [0.05, 0.1) is 6.42 Å². The zero-order valence-corrected chi connectivity index (χ0v) is 10.8. The normalized spacial score (nSPS) is 13.9. The van der Waals surface area contributed by atoms with Gasteiger partial charge in [-0.05, 0) is 18.7 Å². The van der Waals surface area contributed by atoms with Gasteiger partial charge in [0.2, 0.25) is 0 Å². The highest BCUT2D eigenvalue weighted by Gasteiger charge is 2.29. The van der Waals surface area contributed by atoms with Gasteiger partial charge in [-0.3, -0.25) is 4.90 Å². The molecule has 6 heteroatoms. The predicted molar refractivity (Wildman–Crippen MR) is 66.5 cm³/mol. The summed E-state index contributed by atoms with van der Waals surface area (Å²) in [4.78, 5) is 1.58. The molecule has 0 aromatic heterocycles. The first-order chi connectivity index (χ1) is 8.35. The Hall–Kier alpha value is -0.780. The van der Waals surface area contributed by atoms with Crippen molar-refractivity contribution in [3.05, 3.63) is 34.9 Å². The zero-order valence-electron chi connectivity index (χ0n) is 10.0. The highest BCUT2D eigenvalue weighted by atomic mass is 35.5. The standard InChI is InChI=1S/C12H16ClF3N2/c1-18(7-6-12(14,15)16)11(8-17)9-4-2-3-5-10(9)13/h2-5,11H,6-8,17H2,1H3. The molecule has 0 spiro atoms. The predicted octanol–water partition coefficient (Wildman–Crippen LogP) is 3.22. The maximum Gasteiger partial charge on any atom is 0.390 e. The summed E-state index contributed by atoms with van der Waals surface area (Å²) in [5, 5.41) is 0.520. The molecule has 0 aliphatic rings. The summed E-state index contributed by atoms with van der Waals surface area (Å²) < 4.78 is 36.5. The molecule has 0 fully saturated rings. The first-order valence-electron chi connectivity index (χ1n) is 5.56. The lowest BCUT2D eigenvalue weighted by Crippen LogP contribution is -2.33. The van der Waals surface area contributed by atoms with Gasteiger partial charge in [0, 0.05) is 24.2 Å². The summed E-state index contributed by atoms with van der Waals surface area (Å²) in [7, 11) is 1.62. The van der Waals surface area contributed by atoms with E-state index in [1.807, 2.05) is 0 Å². The van der Waals surface area contributed by atoms with E-state index >= 15 is 0 Å². The van der Waals surface area contributed by atoms with Crippen molar-refractivity contribution in [1.82, 2.24) is 4.90 Å². The third kappa shape index (κ3) is 4.48. The minimum absolute atomic E-state index is 0.101. The van der Waals surface area contributed by atoms with Gasteiger partial charge in [0.15, 0.2) is 0 Å². The van der Waals surface area contributed by atoms with Gasteiger partial charge < -0.3 is 5.73 Å². The Kier molecular flexibility index (Phi) is 5.44. The number of hydrogen-bond donors (Lipinski definition) is 1. The second kappa shape index (κ2) is 6.41. The van der Waals surface area contributed by atoms with E-state index in [-0.39, 0.29) is 19.1 Å². The highest BCUT2D eigenvalue weighted by molar-refractivity contribution is 6.31. The van der Waals surface area contributed by atoms with E-state index in [0.29, 0.717) is 5.02 Å². The molecule has 0 bridgehead atoms. The van der Waals surface area contributed by atoms with Crippen molar-refractivity contribution in [3.8, 4) is 0 Å². The molecule has 18 heavy (non-hydrogen) atoms. The Morgan fingerprint density at radius 1 is 1.33 bits per heavy atom. The van der Waals surface area contributed by atoms with Crippen LogP contribution in [0.5, 0.6) is 0 Å². The van der Waals surface area contributed by atoms with Crippen LogP contribution in [0, 0.1) is 0 Å². The highest BCUT2D eigenvalue weighted by Crippen LogP contribution is 2.27. The van der Waals surface area contributed by atoms with Crippen LogP contribution in [0.1, 0.15) is 18.0 Å². The fraction of sp³-hybridized carbons (Fsp3) is 0.500. The van der Waals surface area contributed by atoms with Crippen molar-refractivity contribution in [2.75, 3.05) is 20.1 Å². The van der Waals surface area contributed by atoms with E-state index in [9.17, 15) is 13.2 Å². The van der Waals surface area contributed by atoms with Crippen LogP contribution in [0.4, 0.5) is 13.2 Å². The van der Waals surface area contributed by atoms with Crippen molar-refractivity contribution in [3.63, 3.8) is 0 Å². The summed E-state index contributed by atoms with van der Waals surface area (Å²) in [6.07, 6.45) is -5.02. The zero-order chi connectivity index (χ0) is 13.8.